The molecule has 0 aliphatic carbocycles. The Bertz CT molecular complexity index is 1650. The van der Waals surface area contributed by atoms with E-state index in [2.05, 4.69) is 91.2 Å². The molecule has 40 heavy (non-hydrogen) atoms. The average molecular weight is 539 g/mol. The van der Waals surface area contributed by atoms with Crippen LogP contribution in [0.4, 0.5) is 0 Å². The molecule has 3 heterocycles. The molecule has 8 nitrogen and oxygen atoms in total. The van der Waals surface area contributed by atoms with Crippen LogP contribution in [0.1, 0.15) is 81.4 Å². The van der Waals surface area contributed by atoms with Crippen LogP contribution < -0.4 is 5.56 Å². The summed E-state index contributed by atoms with van der Waals surface area (Å²) in [6.45, 7) is 15.8. The number of furan rings is 1. The average Bonchev–Trinajstić information content (AvgIpc) is 3.57. The molecule has 0 fully saturated rings. The molecule has 0 spiro atoms. The van der Waals surface area contributed by atoms with Crippen molar-refractivity contribution in [3.63, 3.8) is 0 Å². The lowest BCUT2D eigenvalue weighted by Gasteiger charge is -2.32. The molecule has 0 saturated heterocycles. The van der Waals surface area contributed by atoms with Crippen LogP contribution >= 0.6 is 0 Å². The predicted molar refractivity (Wildman–Crippen MR) is 157 cm³/mol. The Balaban J connectivity index is 1.69. The van der Waals surface area contributed by atoms with Crippen molar-refractivity contribution < 1.29 is 4.42 Å². The summed E-state index contributed by atoms with van der Waals surface area (Å²) in [5, 5.41) is 13.9. The second kappa shape index (κ2) is 10.5. The molecule has 0 aliphatic rings. The largest absolute Gasteiger partial charge is 0.468 e. The number of tetrazole rings is 1. The third kappa shape index (κ3) is 5.63. The first kappa shape index (κ1) is 27.5. The SMILES string of the molecule is Cc1cccc2cc([C@H](c3nnnn3C(C)(C)C)N(Cc3ccc(C(C)(C)C)cc3)Cc3ccco3)c(=O)[nH]c12. The summed E-state index contributed by atoms with van der Waals surface area (Å²) >= 11 is 0. The first-order valence-electron chi connectivity index (χ1n) is 13.7. The van der Waals surface area contributed by atoms with Gasteiger partial charge in [0.15, 0.2) is 5.82 Å². The predicted octanol–water partition coefficient (Wildman–Crippen LogP) is 6.26. The smallest absolute Gasteiger partial charge is 0.253 e. The van der Waals surface area contributed by atoms with Gasteiger partial charge in [0, 0.05) is 12.1 Å². The number of hydrogen-bond donors (Lipinski definition) is 1. The number of benzene rings is 2. The summed E-state index contributed by atoms with van der Waals surface area (Å²) in [7, 11) is 0. The molecule has 5 rings (SSSR count). The van der Waals surface area contributed by atoms with E-state index in [1.807, 2.05) is 48.0 Å². The topological polar surface area (TPSA) is 92.8 Å². The Kier molecular flexibility index (Phi) is 7.23. The Morgan fingerprint density at radius 1 is 0.975 bits per heavy atom. The molecule has 0 bridgehead atoms. The van der Waals surface area contributed by atoms with Crippen LogP contribution in [0.25, 0.3) is 10.9 Å². The zero-order chi connectivity index (χ0) is 28.7. The molecule has 0 amide bonds. The molecule has 0 aliphatic heterocycles. The van der Waals surface area contributed by atoms with E-state index in [1.54, 1.807) is 6.26 Å². The van der Waals surface area contributed by atoms with Gasteiger partial charge in [-0.25, -0.2) is 4.68 Å². The van der Waals surface area contributed by atoms with Gasteiger partial charge >= 0.3 is 0 Å². The van der Waals surface area contributed by atoms with Crippen LogP contribution in [-0.4, -0.2) is 30.1 Å². The number of nitrogens with zero attached hydrogens (tertiary/aromatic N) is 5. The van der Waals surface area contributed by atoms with Gasteiger partial charge in [0.1, 0.15) is 11.8 Å². The molecule has 0 saturated carbocycles. The maximum atomic E-state index is 13.8. The van der Waals surface area contributed by atoms with Crippen molar-refractivity contribution in [1.29, 1.82) is 0 Å². The molecule has 5 aromatic rings. The third-order valence-electron chi connectivity index (χ3n) is 7.29. The summed E-state index contributed by atoms with van der Waals surface area (Å²) in [6.07, 6.45) is 1.67. The Hall–Kier alpha value is -4.04. The van der Waals surface area contributed by atoms with E-state index in [0.29, 0.717) is 24.5 Å². The summed E-state index contributed by atoms with van der Waals surface area (Å²) < 4.78 is 7.61. The highest BCUT2D eigenvalue weighted by Crippen LogP contribution is 2.33. The first-order valence-corrected chi connectivity index (χ1v) is 13.7. The van der Waals surface area contributed by atoms with Gasteiger partial charge in [0.25, 0.3) is 5.56 Å². The zero-order valence-electron chi connectivity index (χ0n) is 24.4. The molecule has 1 atom stereocenters. The number of hydrogen-bond acceptors (Lipinski definition) is 6. The van der Waals surface area contributed by atoms with E-state index in [4.69, 9.17) is 4.42 Å². The molecule has 2 aromatic carbocycles. The van der Waals surface area contributed by atoms with Gasteiger partial charge in [-0.2, -0.15) is 0 Å². The number of aryl methyl sites for hydroxylation is 1. The molecule has 8 heteroatoms. The van der Waals surface area contributed by atoms with Crippen molar-refractivity contribution in [1.82, 2.24) is 30.1 Å². The standard InChI is InChI=1S/C32H38N6O2/c1-21-10-8-11-23-18-26(30(39)33-27(21)23)28(29-34-35-36-38(29)32(5,6)7)37(20-25-12-9-17-40-25)19-22-13-15-24(16-14-22)31(2,3)4/h8-18,28H,19-20H2,1-7H3,(H,33,39)/t28-/m1/s1. The molecule has 0 unspecified atom stereocenters. The number of nitrogens with one attached hydrogen (secondary N) is 1. The van der Waals surface area contributed by atoms with Crippen LogP contribution in [0.15, 0.2) is 76.1 Å². The monoisotopic (exact) mass is 538 g/mol. The summed E-state index contributed by atoms with van der Waals surface area (Å²) in [4.78, 5) is 19.2. The lowest BCUT2D eigenvalue weighted by Crippen LogP contribution is -2.37. The van der Waals surface area contributed by atoms with Gasteiger partial charge in [-0.15, -0.1) is 5.10 Å². The number of pyridine rings is 1. The summed E-state index contributed by atoms with van der Waals surface area (Å²) in [5.41, 5.74) is 4.31. The highest BCUT2D eigenvalue weighted by molar-refractivity contribution is 5.82. The highest BCUT2D eigenvalue weighted by Gasteiger charge is 2.34. The van der Waals surface area contributed by atoms with Gasteiger partial charge < -0.3 is 9.40 Å². The van der Waals surface area contributed by atoms with E-state index < -0.39 is 11.6 Å². The number of para-hydroxylation sites is 1. The number of rotatable bonds is 7. The minimum Gasteiger partial charge on any atom is -0.468 e. The number of fused-ring (bicyclic) bond motifs is 1. The lowest BCUT2D eigenvalue weighted by atomic mass is 9.86. The van der Waals surface area contributed by atoms with Crippen LogP contribution in [-0.2, 0) is 24.0 Å². The fraction of sp³-hybridized carbons (Fsp3) is 0.375. The molecule has 208 valence electrons. The zero-order valence-corrected chi connectivity index (χ0v) is 24.4. The van der Waals surface area contributed by atoms with E-state index in [9.17, 15) is 4.79 Å². The van der Waals surface area contributed by atoms with Gasteiger partial charge in [-0.05, 0) is 83.8 Å². The van der Waals surface area contributed by atoms with E-state index in [-0.39, 0.29) is 11.0 Å². The minimum absolute atomic E-state index is 0.0558. The van der Waals surface area contributed by atoms with E-state index in [1.165, 1.54) is 5.56 Å². The Labute approximate surface area is 235 Å². The molecular formula is C32H38N6O2. The Morgan fingerprint density at radius 3 is 2.38 bits per heavy atom. The molecule has 3 aromatic heterocycles. The Morgan fingerprint density at radius 2 is 1.73 bits per heavy atom. The van der Waals surface area contributed by atoms with Crippen molar-refractivity contribution >= 4 is 10.9 Å². The number of H-pyrrole nitrogens is 1. The van der Waals surface area contributed by atoms with Crippen LogP contribution in [0.3, 0.4) is 0 Å². The highest BCUT2D eigenvalue weighted by atomic mass is 16.3. The molecular weight excluding hydrogens is 500 g/mol. The van der Waals surface area contributed by atoms with E-state index in [0.717, 1.165) is 27.8 Å². The van der Waals surface area contributed by atoms with Crippen molar-refractivity contribution in [2.24, 2.45) is 0 Å². The summed E-state index contributed by atoms with van der Waals surface area (Å²) in [6, 6.07) is 20.0. The van der Waals surface area contributed by atoms with Crippen molar-refractivity contribution in [2.45, 2.75) is 78.6 Å². The second-order valence-electron chi connectivity index (χ2n) is 12.5. The molecule has 1 N–H and O–H groups in total. The van der Waals surface area contributed by atoms with E-state index >= 15 is 0 Å². The van der Waals surface area contributed by atoms with Crippen molar-refractivity contribution in [3.8, 4) is 0 Å². The quantitative estimate of drug-likeness (QED) is 0.263. The van der Waals surface area contributed by atoms with Crippen LogP contribution in [0, 0.1) is 6.92 Å². The van der Waals surface area contributed by atoms with Crippen LogP contribution in [0.2, 0.25) is 0 Å². The maximum absolute atomic E-state index is 13.8. The van der Waals surface area contributed by atoms with Crippen molar-refractivity contribution in [2.75, 3.05) is 0 Å². The number of aromatic amines is 1. The lowest BCUT2D eigenvalue weighted by molar-refractivity contribution is 0.171. The fourth-order valence-corrected chi connectivity index (χ4v) is 5.13. The maximum Gasteiger partial charge on any atom is 0.253 e. The van der Waals surface area contributed by atoms with Crippen molar-refractivity contribution in [3.05, 3.63) is 111 Å². The first-order chi connectivity index (χ1) is 18.9. The fourth-order valence-electron chi connectivity index (χ4n) is 5.13. The van der Waals surface area contributed by atoms with Gasteiger partial charge in [0.2, 0.25) is 0 Å². The number of aromatic nitrogens is 5. The van der Waals surface area contributed by atoms with Crippen LogP contribution in [0.5, 0.6) is 0 Å². The molecule has 0 radical (unpaired) electrons. The van der Waals surface area contributed by atoms with Gasteiger partial charge in [0.05, 0.1) is 23.9 Å². The minimum atomic E-state index is -0.546. The summed E-state index contributed by atoms with van der Waals surface area (Å²) in [5.74, 6) is 1.39. The third-order valence-corrected chi connectivity index (χ3v) is 7.29. The van der Waals surface area contributed by atoms with Gasteiger partial charge in [-0.3, -0.25) is 9.69 Å². The van der Waals surface area contributed by atoms with Gasteiger partial charge in [-0.1, -0.05) is 63.2 Å². The normalized spacial score (nSPS) is 13.3. The second-order valence-corrected chi connectivity index (χ2v) is 12.5.